The van der Waals surface area contributed by atoms with Gasteiger partial charge < -0.3 is 5.11 Å². The van der Waals surface area contributed by atoms with Crippen LogP contribution < -0.4 is 0 Å². The van der Waals surface area contributed by atoms with E-state index in [9.17, 15) is 5.11 Å². The van der Waals surface area contributed by atoms with Crippen LogP contribution in [0.1, 0.15) is 5.56 Å². The number of hydrogen-bond acceptors (Lipinski definition) is 3. The number of nitrogens with one attached hydrogen (secondary N) is 1. The summed E-state index contributed by atoms with van der Waals surface area (Å²) in [5.41, 5.74) is 4.34. The molecule has 3 rings (SSSR count). The maximum atomic E-state index is 10.1. The van der Waals surface area contributed by atoms with E-state index in [4.69, 9.17) is 0 Å². The molecule has 19 heavy (non-hydrogen) atoms. The molecule has 0 saturated carbocycles. The lowest BCUT2D eigenvalue weighted by molar-refractivity contribution is 0.477. The lowest BCUT2D eigenvalue weighted by atomic mass is 9.99. The highest BCUT2D eigenvalue weighted by molar-refractivity contribution is 5.93. The van der Waals surface area contributed by atoms with Crippen LogP contribution in [-0.2, 0) is 6.42 Å². The van der Waals surface area contributed by atoms with Gasteiger partial charge in [-0.1, -0.05) is 29.5 Å². The van der Waals surface area contributed by atoms with E-state index in [0.717, 1.165) is 34.1 Å². The number of aromatic nitrogens is 3. The summed E-state index contributed by atoms with van der Waals surface area (Å²) in [5.74, 6) is 0.239. The predicted octanol–water partition coefficient (Wildman–Crippen LogP) is 3.06. The number of phenolic OH excluding ortho intramolecular Hbond substituents is 1. The molecule has 0 radical (unpaired) electrons. The van der Waals surface area contributed by atoms with E-state index in [-0.39, 0.29) is 5.75 Å². The molecule has 0 aliphatic rings. The normalized spacial score (nSPS) is 10.7. The zero-order chi connectivity index (χ0) is 13.2. The van der Waals surface area contributed by atoms with Gasteiger partial charge in [0.25, 0.3) is 0 Å². The second-order valence-electron chi connectivity index (χ2n) is 4.36. The lowest BCUT2D eigenvalue weighted by Crippen LogP contribution is -1.86. The van der Waals surface area contributed by atoms with Crippen LogP contribution in [0.25, 0.3) is 22.2 Å². The van der Waals surface area contributed by atoms with Crippen molar-refractivity contribution < 1.29 is 5.11 Å². The van der Waals surface area contributed by atoms with Crippen molar-refractivity contribution in [2.24, 2.45) is 0 Å². The fourth-order valence-corrected chi connectivity index (χ4v) is 2.18. The van der Waals surface area contributed by atoms with Gasteiger partial charge in [-0.15, -0.1) is 11.7 Å². The first-order valence-electron chi connectivity index (χ1n) is 6.02. The zero-order valence-electron chi connectivity index (χ0n) is 10.3. The summed E-state index contributed by atoms with van der Waals surface area (Å²) < 4.78 is 0. The molecule has 3 aromatic rings. The SMILES string of the molecule is C=CCc1ccc(O)c(-c2cccc3[nH]nnc23)c1. The summed E-state index contributed by atoms with van der Waals surface area (Å²) in [4.78, 5) is 0. The Balaban J connectivity index is 2.23. The Hall–Kier alpha value is -2.62. The first-order valence-corrected chi connectivity index (χ1v) is 6.02. The van der Waals surface area contributed by atoms with Crippen LogP contribution in [0, 0.1) is 0 Å². The number of rotatable bonds is 3. The summed E-state index contributed by atoms with van der Waals surface area (Å²) in [6.45, 7) is 3.73. The van der Waals surface area contributed by atoms with Crippen molar-refractivity contribution >= 4 is 11.0 Å². The van der Waals surface area contributed by atoms with Crippen molar-refractivity contribution in [2.45, 2.75) is 6.42 Å². The van der Waals surface area contributed by atoms with Crippen molar-refractivity contribution in [1.29, 1.82) is 0 Å². The number of fused-ring (bicyclic) bond motifs is 1. The number of allylic oxidation sites excluding steroid dienone is 1. The van der Waals surface area contributed by atoms with Gasteiger partial charge in [0.05, 0.1) is 5.52 Å². The lowest BCUT2D eigenvalue weighted by Gasteiger charge is -2.07. The average Bonchev–Trinajstić information content (AvgIpc) is 2.89. The van der Waals surface area contributed by atoms with E-state index in [1.165, 1.54) is 0 Å². The molecular formula is C15H13N3O. The molecule has 1 heterocycles. The molecule has 4 heteroatoms. The second-order valence-corrected chi connectivity index (χ2v) is 4.36. The standard InChI is InChI=1S/C15H13N3O/c1-2-4-10-7-8-14(19)12(9-10)11-5-3-6-13-15(11)17-18-16-13/h2-3,5-9,19H,1,4H2,(H,16,17,18). The van der Waals surface area contributed by atoms with Crippen LogP contribution >= 0.6 is 0 Å². The van der Waals surface area contributed by atoms with E-state index in [1.807, 2.05) is 36.4 Å². The number of aromatic amines is 1. The third kappa shape index (κ3) is 1.97. The van der Waals surface area contributed by atoms with Crippen molar-refractivity contribution in [3.63, 3.8) is 0 Å². The van der Waals surface area contributed by atoms with Crippen molar-refractivity contribution in [1.82, 2.24) is 15.4 Å². The average molecular weight is 251 g/mol. The van der Waals surface area contributed by atoms with Gasteiger partial charge >= 0.3 is 0 Å². The van der Waals surface area contributed by atoms with E-state index >= 15 is 0 Å². The van der Waals surface area contributed by atoms with Crippen LogP contribution in [0.15, 0.2) is 49.1 Å². The number of aromatic hydroxyl groups is 1. The minimum atomic E-state index is 0.239. The molecule has 94 valence electrons. The molecule has 4 nitrogen and oxygen atoms in total. The summed E-state index contributed by atoms with van der Waals surface area (Å²) in [7, 11) is 0. The Morgan fingerprint density at radius 3 is 2.95 bits per heavy atom. The van der Waals surface area contributed by atoms with E-state index in [2.05, 4.69) is 22.0 Å². The topological polar surface area (TPSA) is 61.8 Å². The number of hydrogen-bond donors (Lipinski definition) is 2. The molecule has 0 saturated heterocycles. The number of benzene rings is 2. The van der Waals surface area contributed by atoms with Crippen LogP contribution in [0.4, 0.5) is 0 Å². The molecule has 0 amide bonds. The van der Waals surface area contributed by atoms with Gasteiger partial charge in [0.1, 0.15) is 11.3 Å². The number of H-pyrrole nitrogens is 1. The van der Waals surface area contributed by atoms with Crippen LogP contribution in [0.3, 0.4) is 0 Å². The van der Waals surface area contributed by atoms with Gasteiger partial charge in [-0.05, 0) is 30.2 Å². The molecule has 0 aliphatic heterocycles. The van der Waals surface area contributed by atoms with E-state index in [1.54, 1.807) is 6.07 Å². The maximum Gasteiger partial charge on any atom is 0.123 e. The Bertz CT molecular complexity index is 746. The Morgan fingerprint density at radius 1 is 1.21 bits per heavy atom. The third-order valence-electron chi connectivity index (χ3n) is 3.09. The zero-order valence-corrected chi connectivity index (χ0v) is 10.3. The molecule has 1 aromatic heterocycles. The Morgan fingerprint density at radius 2 is 2.11 bits per heavy atom. The minimum absolute atomic E-state index is 0.239. The molecule has 0 atom stereocenters. The largest absolute Gasteiger partial charge is 0.507 e. The van der Waals surface area contributed by atoms with Gasteiger partial charge in [0, 0.05) is 11.1 Å². The highest BCUT2D eigenvalue weighted by atomic mass is 16.3. The molecule has 0 bridgehead atoms. The predicted molar refractivity (Wildman–Crippen MR) is 74.9 cm³/mol. The third-order valence-corrected chi connectivity index (χ3v) is 3.09. The van der Waals surface area contributed by atoms with Crippen molar-refractivity contribution in [2.75, 3.05) is 0 Å². The fraction of sp³-hybridized carbons (Fsp3) is 0.0667. The number of phenols is 1. The smallest absolute Gasteiger partial charge is 0.123 e. The van der Waals surface area contributed by atoms with Gasteiger partial charge in [0.2, 0.25) is 0 Å². The summed E-state index contributed by atoms with van der Waals surface area (Å²) in [6, 6.07) is 11.3. The molecule has 0 spiro atoms. The molecular weight excluding hydrogens is 238 g/mol. The first-order chi connectivity index (χ1) is 9.29. The first kappa shape index (κ1) is 11.5. The monoisotopic (exact) mass is 251 g/mol. The Kier molecular flexibility index (Phi) is 2.76. The van der Waals surface area contributed by atoms with Crippen LogP contribution in [-0.4, -0.2) is 20.5 Å². The minimum Gasteiger partial charge on any atom is -0.507 e. The van der Waals surface area contributed by atoms with Gasteiger partial charge in [-0.25, -0.2) is 0 Å². The highest BCUT2D eigenvalue weighted by Gasteiger charge is 2.11. The molecule has 2 N–H and O–H groups in total. The molecule has 0 aliphatic carbocycles. The molecule has 0 unspecified atom stereocenters. The summed E-state index contributed by atoms with van der Waals surface area (Å²) in [6.07, 6.45) is 2.61. The van der Waals surface area contributed by atoms with Crippen molar-refractivity contribution in [3.05, 3.63) is 54.6 Å². The van der Waals surface area contributed by atoms with E-state index < -0.39 is 0 Å². The maximum absolute atomic E-state index is 10.1. The quantitative estimate of drug-likeness (QED) is 0.703. The molecule has 2 aromatic carbocycles. The van der Waals surface area contributed by atoms with Gasteiger partial charge in [-0.3, -0.25) is 5.10 Å². The van der Waals surface area contributed by atoms with Gasteiger partial charge in [0.15, 0.2) is 0 Å². The fourth-order valence-electron chi connectivity index (χ4n) is 2.18. The van der Waals surface area contributed by atoms with Crippen molar-refractivity contribution in [3.8, 4) is 16.9 Å². The Labute approximate surface area is 110 Å². The van der Waals surface area contributed by atoms with E-state index in [0.29, 0.717) is 0 Å². The highest BCUT2D eigenvalue weighted by Crippen LogP contribution is 2.33. The van der Waals surface area contributed by atoms with Crippen LogP contribution in [0.2, 0.25) is 0 Å². The van der Waals surface area contributed by atoms with Crippen LogP contribution in [0.5, 0.6) is 5.75 Å². The summed E-state index contributed by atoms with van der Waals surface area (Å²) >= 11 is 0. The second kappa shape index (κ2) is 4.57. The summed E-state index contributed by atoms with van der Waals surface area (Å²) in [5, 5.41) is 20.8. The van der Waals surface area contributed by atoms with Gasteiger partial charge in [-0.2, -0.15) is 0 Å². The molecule has 0 fully saturated rings. The number of nitrogens with zero attached hydrogens (tertiary/aromatic N) is 2.